The second-order valence-electron chi connectivity index (χ2n) is 4.87. The fraction of sp³-hybridized carbons (Fsp3) is 0.429. The monoisotopic (exact) mass is 292 g/mol. The summed E-state index contributed by atoms with van der Waals surface area (Å²) in [5, 5.41) is 8.84. The third-order valence-corrected chi connectivity index (χ3v) is 3.68. The molecule has 0 atom stereocenters. The molecular formula is C14H16N2O5. The van der Waals surface area contributed by atoms with Gasteiger partial charge in [0.15, 0.2) is 11.5 Å². The smallest absolute Gasteiger partial charge is 0.257 e. The van der Waals surface area contributed by atoms with Crippen LogP contribution in [-0.4, -0.2) is 66.3 Å². The molecule has 0 unspecified atom stereocenters. The van der Waals surface area contributed by atoms with Gasteiger partial charge in [0.1, 0.15) is 6.61 Å². The molecule has 1 fully saturated rings. The zero-order chi connectivity index (χ0) is 14.8. The minimum Gasteiger partial charge on any atom is -0.454 e. The number of hydrogen-bond donors (Lipinski definition) is 1. The van der Waals surface area contributed by atoms with E-state index in [1.807, 2.05) is 0 Å². The first kappa shape index (κ1) is 13.7. The molecule has 112 valence electrons. The van der Waals surface area contributed by atoms with Crippen LogP contribution in [-0.2, 0) is 4.79 Å². The number of rotatable bonds is 2. The zero-order valence-electron chi connectivity index (χ0n) is 11.4. The number of hydrogen-bond acceptors (Lipinski definition) is 5. The van der Waals surface area contributed by atoms with E-state index in [1.165, 1.54) is 0 Å². The number of ether oxygens (including phenoxy) is 2. The molecule has 3 rings (SSSR count). The van der Waals surface area contributed by atoms with Crippen LogP contribution in [0.1, 0.15) is 10.4 Å². The second-order valence-corrected chi connectivity index (χ2v) is 4.87. The molecule has 2 heterocycles. The minimum absolute atomic E-state index is 0.123. The van der Waals surface area contributed by atoms with Crippen LogP contribution in [0.4, 0.5) is 0 Å². The number of aliphatic hydroxyl groups is 1. The number of carbonyl (C=O) groups is 2. The molecule has 2 amide bonds. The van der Waals surface area contributed by atoms with Crippen LogP contribution >= 0.6 is 0 Å². The lowest BCUT2D eigenvalue weighted by Gasteiger charge is -2.34. The van der Waals surface area contributed by atoms with Gasteiger partial charge in [-0.15, -0.1) is 0 Å². The number of carbonyl (C=O) groups excluding carboxylic acids is 2. The van der Waals surface area contributed by atoms with Gasteiger partial charge < -0.3 is 24.4 Å². The number of benzene rings is 1. The third kappa shape index (κ3) is 2.52. The van der Waals surface area contributed by atoms with Crippen molar-refractivity contribution in [2.75, 3.05) is 39.6 Å². The molecule has 2 aliphatic rings. The summed E-state index contributed by atoms with van der Waals surface area (Å²) >= 11 is 0. The molecular weight excluding hydrogens is 276 g/mol. The third-order valence-electron chi connectivity index (χ3n) is 3.68. The second kappa shape index (κ2) is 5.61. The van der Waals surface area contributed by atoms with Crippen molar-refractivity contribution in [3.63, 3.8) is 0 Å². The molecule has 0 saturated carbocycles. The molecule has 7 heteroatoms. The standard InChI is InChI=1S/C14H16N2O5/c17-8-12(18)15-4-6-16(7-5-15)14(19)10-2-1-3-11-13(10)21-9-20-11/h1-3,17H,4-9H2. The molecule has 0 spiro atoms. The summed E-state index contributed by atoms with van der Waals surface area (Å²) in [6.07, 6.45) is 0. The van der Waals surface area contributed by atoms with Crippen molar-refractivity contribution in [2.45, 2.75) is 0 Å². The number of fused-ring (bicyclic) bond motifs is 1. The number of para-hydroxylation sites is 1. The van der Waals surface area contributed by atoms with Crippen molar-refractivity contribution in [3.8, 4) is 11.5 Å². The summed E-state index contributed by atoms with van der Waals surface area (Å²) in [5.41, 5.74) is 0.479. The highest BCUT2D eigenvalue weighted by atomic mass is 16.7. The summed E-state index contributed by atoms with van der Waals surface area (Å²) in [6, 6.07) is 5.23. The van der Waals surface area contributed by atoms with E-state index >= 15 is 0 Å². The van der Waals surface area contributed by atoms with Crippen molar-refractivity contribution in [1.29, 1.82) is 0 Å². The molecule has 2 aliphatic heterocycles. The Balaban J connectivity index is 1.70. The SMILES string of the molecule is O=C(CO)N1CCN(C(=O)c2cccc3c2OCO3)CC1. The van der Waals surface area contributed by atoms with Gasteiger partial charge in [-0.05, 0) is 12.1 Å². The largest absolute Gasteiger partial charge is 0.454 e. The Bertz CT molecular complexity index is 566. The average molecular weight is 292 g/mol. The summed E-state index contributed by atoms with van der Waals surface area (Å²) in [6.45, 7) is 1.36. The van der Waals surface area contributed by atoms with E-state index in [1.54, 1.807) is 28.0 Å². The Kier molecular flexibility index (Phi) is 3.66. The number of amides is 2. The first-order valence-corrected chi connectivity index (χ1v) is 6.77. The molecule has 1 aromatic rings. The highest BCUT2D eigenvalue weighted by molar-refractivity contribution is 5.98. The van der Waals surface area contributed by atoms with Gasteiger partial charge in [0.2, 0.25) is 12.7 Å². The fourth-order valence-electron chi connectivity index (χ4n) is 2.53. The lowest BCUT2D eigenvalue weighted by Crippen LogP contribution is -2.51. The number of piperazine rings is 1. The van der Waals surface area contributed by atoms with Crippen LogP contribution in [0.15, 0.2) is 18.2 Å². The molecule has 7 nitrogen and oxygen atoms in total. The van der Waals surface area contributed by atoms with E-state index in [4.69, 9.17) is 14.6 Å². The van der Waals surface area contributed by atoms with Gasteiger partial charge in [-0.2, -0.15) is 0 Å². The van der Waals surface area contributed by atoms with E-state index in [-0.39, 0.29) is 18.6 Å². The predicted octanol–water partition coefficient (Wildman–Crippen LogP) is -0.308. The Morgan fingerprint density at radius 1 is 1.10 bits per heavy atom. The van der Waals surface area contributed by atoms with Crippen LogP contribution in [0.25, 0.3) is 0 Å². The highest BCUT2D eigenvalue weighted by Gasteiger charge is 2.28. The highest BCUT2D eigenvalue weighted by Crippen LogP contribution is 2.35. The molecule has 0 radical (unpaired) electrons. The van der Waals surface area contributed by atoms with Gasteiger partial charge in [0, 0.05) is 26.2 Å². The van der Waals surface area contributed by atoms with Crippen LogP contribution < -0.4 is 9.47 Å². The van der Waals surface area contributed by atoms with Crippen LogP contribution in [0.2, 0.25) is 0 Å². The molecule has 0 aliphatic carbocycles. The Labute approximate surface area is 121 Å². The van der Waals surface area contributed by atoms with Crippen molar-refractivity contribution in [3.05, 3.63) is 23.8 Å². The maximum absolute atomic E-state index is 12.5. The Morgan fingerprint density at radius 3 is 2.52 bits per heavy atom. The molecule has 21 heavy (non-hydrogen) atoms. The quantitative estimate of drug-likeness (QED) is 0.809. The predicted molar refractivity (Wildman–Crippen MR) is 72.1 cm³/mol. The van der Waals surface area contributed by atoms with Crippen molar-refractivity contribution >= 4 is 11.8 Å². The molecule has 0 bridgehead atoms. The van der Waals surface area contributed by atoms with E-state index in [2.05, 4.69) is 0 Å². The lowest BCUT2D eigenvalue weighted by atomic mass is 10.1. The van der Waals surface area contributed by atoms with Crippen molar-refractivity contribution in [2.24, 2.45) is 0 Å². The van der Waals surface area contributed by atoms with Gasteiger partial charge in [-0.1, -0.05) is 6.07 Å². The minimum atomic E-state index is -0.495. The average Bonchev–Trinajstić information content (AvgIpc) is 3.02. The molecule has 0 aromatic heterocycles. The molecule has 1 saturated heterocycles. The van der Waals surface area contributed by atoms with Crippen LogP contribution in [0.3, 0.4) is 0 Å². The van der Waals surface area contributed by atoms with Gasteiger partial charge in [0.25, 0.3) is 5.91 Å². The van der Waals surface area contributed by atoms with Crippen molar-refractivity contribution in [1.82, 2.24) is 9.80 Å². The van der Waals surface area contributed by atoms with Crippen LogP contribution in [0.5, 0.6) is 11.5 Å². The van der Waals surface area contributed by atoms with E-state index < -0.39 is 6.61 Å². The molecule has 1 N–H and O–H groups in total. The fourth-order valence-corrected chi connectivity index (χ4v) is 2.53. The topological polar surface area (TPSA) is 79.3 Å². The number of aliphatic hydroxyl groups excluding tert-OH is 1. The maximum atomic E-state index is 12.5. The first-order valence-electron chi connectivity index (χ1n) is 6.77. The summed E-state index contributed by atoms with van der Waals surface area (Å²) in [7, 11) is 0. The van der Waals surface area contributed by atoms with Gasteiger partial charge in [0.05, 0.1) is 5.56 Å². The van der Waals surface area contributed by atoms with E-state index in [0.29, 0.717) is 43.2 Å². The molecule has 1 aromatic carbocycles. The van der Waals surface area contributed by atoms with Gasteiger partial charge in [-0.3, -0.25) is 9.59 Å². The Morgan fingerprint density at radius 2 is 1.81 bits per heavy atom. The van der Waals surface area contributed by atoms with E-state index in [0.717, 1.165) is 0 Å². The zero-order valence-corrected chi connectivity index (χ0v) is 11.4. The normalized spacial score (nSPS) is 17.0. The lowest BCUT2D eigenvalue weighted by molar-refractivity contribution is -0.135. The Hall–Kier alpha value is -2.28. The van der Waals surface area contributed by atoms with E-state index in [9.17, 15) is 9.59 Å². The summed E-state index contributed by atoms with van der Waals surface area (Å²) in [4.78, 5) is 27.2. The number of nitrogens with zero attached hydrogens (tertiary/aromatic N) is 2. The first-order chi connectivity index (χ1) is 10.2. The summed E-state index contributed by atoms with van der Waals surface area (Å²) in [5.74, 6) is 0.624. The van der Waals surface area contributed by atoms with Crippen molar-refractivity contribution < 1.29 is 24.2 Å². The van der Waals surface area contributed by atoms with Gasteiger partial charge in [-0.25, -0.2) is 0 Å². The maximum Gasteiger partial charge on any atom is 0.257 e. The van der Waals surface area contributed by atoms with Gasteiger partial charge >= 0.3 is 0 Å². The van der Waals surface area contributed by atoms with Crippen LogP contribution in [0, 0.1) is 0 Å². The summed E-state index contributed by atoms with van der Waals surface area (Å²) < 4.78 is 10.6.